The molecule has 74 heavy (non-hydrogen) atoms. The molecule has 1 N–H and O–H groups in total. The fourth-order valence-corrected chi connectivity index (χ4v) is 10.1. The SMILES string of the molecule is CC/C=C\C/C=C\C/C=C\CCCCCCCCCC(=O)OC(COC(=O)CCCCCCCCCCCCCCCCCCCCCCCCCCCCCCCCCCC)COP(=O)(O)OCC[N+](C)(C)C. The van der Waals surface area contributed by atoms with Crippen molar-refractivity contribution in [1.82, 2.24) is 0 Å². The predicted octanol–water partition coefficient (Wildman–Crippen LogP) is 19.9. The number of ether oxygens (including phenoxy) is 2. The van der Waals surface area contributed by atoms with Crippen LogP contribution >= 0.6 is 7.82 Å². The Morgan fingerprint density at radius 3 is 1.15 bits per heavy atom. The number of hydrogen-bond donors (Lipinski definition) is 1. The van der Waals surface area contributed by atoms with Gasteiger partial charge in [-0.2, -0.15) is 0 Å². The number of phosphoric ester groups is 1. The van der Waals surface area contributed by atoms with Crippen molar-refractivity contribution in [2.45, 2.75) is 315 Å². The number of nitrogens with zero attached hydrogens (tertiary/aromatic N) is 1. The number of quaternary nitrogens is 1. The highest BCUT2D eigenvalue weighted by Crippen LogP contribution is 2.43. The minimum absolute atomic E-state index is 0.0307. The summed E-state index contributed by atoms with van der Waals surface area (Å²) in [4.78, 5) is 35.7. The van der Waals surface area contributed by atoms with E-state index in [0.29, 0.717) is 23.9 Å². The Balaban J connectivity index is 3.96. The van der Waals surface area contributed by atoms with Gasteiger partial charge in [0.2, 0.25) is 0 Å². The van der Waals surface area contributed by atoms with Crippen LogP contribution in [-0.4, -0.2) is 74.9 Å². The van der Waals surface area contributed by atoms with Gasteiger partial charge in [0.05, 0.1) is 27.7 Å². The maximum Gasteiger partial charge on any atom is 0.472 e. The molecule has 0 aliphatic heterocycles. The molecule has 2 atom stereocenters. The smallest absolute Gasteiger partial charge is 0.462 e. The molecular formula is C64H123NO8P+. The quantitative estimate of drug-likeness (QED) is 0.0211. The van der Waals surface area contributed by atoms with Gasteiger partial charge in [-0.05, 0) is 44.9 Å². The van der Waals surface area contributed by atoms with Gasteiger partial charge in [-0.1, -0.05) is 288 Å². The third-order valence-electron chi connectivity index (χ3n) is 14.2. The molecule has 2 unspecified atom stereocenters. The van der Waals surface area contributed by atoms with Crippen LogP contribution in [0.3, 0.4) is 0 Å². The van der Waals surface area contributed by atoms with Crippen LogP contribution in [0.2, 0.25) is 0 Å². The first kappa shape index (κ1) is 72.2. The second kappa shape index (κ2) is 56.0. The summed E-state index contributed by atoms with van der Waals surface area (Å²) in [6, 6.07) is 0. The van der Waals surface area contributed by atoms with Gasteiger partial charge in [-0.15, -0.1) is 0 Å². The number of rotatable bonds is 59. The summed E-state index contributed by atoms with van der Waals surface area (Å²) in [5.41, 5.74) is 0. The van der Waals surface area contributed by atoms with Crippen LogP contribution in [-0.2, 0) is 32.7 Å². The number of unbranched alkanes of at least 4 members (excludes halogenated alkanes) is 39. The number of hydrogen-bond acceptors (Lipinski definition) is 7. The van der Waals surface area contributed by atoms with Crippen molar-refractivity contribution in [3.05, 3.63) is 36.5 Å². The Kier molecular flexibility index (Phi) is 54.6. The molecule has 10 heteroatoms. The van der Waals surface area contributed by atoms with Gasteiger partial charge in [-0.25, -0.2) is 4.57 Å². The summed E-state index contributed by atoms with van der Waals surface area (Å²) >= 11 is 0. The van der Waals surface area contributed by atoms with E-state index in [2.05, 4.69) is 50.3 Å². The lowest BCUT2D eigenvalue weighted by Gasteiger charge is -2.24. The van der Waals surface area contributed by atoms with E-state index in [4.69, 9.17) is 18.5 Å². The lowest BCUT2D eigenvalue weighted by atomic mass is 10.0. The van der Waals surface area contributed by atoms with Gasteiger partial charge >= 0.3 is 19.8 Å². The highest BCUT2D eigenvalue weighted by molar-refractivity contribution is 7.47. The fraction of sp³-hybridized carbons (Fsp3) is 0.875. The molecule has 0 saturated carbocycles. The zero-order chi connectivity index (χ0) is 54.2. The molecule has 0 aromatic heterocycles. The second-order valence-corrected chi connectivity index (χ2v) is 24.2. The van der Waals surface area contributed by atoms with Crippen molar-refractivity contribution in [3.63, 3.8) is 0 Å². The molecule has 0 radical (unpaired) electrons. The summed E-state index contributed by atoms with van der Waals surface area (Å²) in [6.07, 6.45) is 69.6. The molecule has 0 aromatic rings. The molecule has 0 heterocycles. The molecule has 0 aromatic carbocycles. The number of esters is 2. The fourth-order valence-electron chi connectivity index (χ4n) is 9.33. The van der Waals surface area contributed by atoms with Crippen LogP contribution in [0, 0.1) is 0 Å². The van der Waals surface area contributed by atoms with Gasteiger partial charge in [0.1, 0.15) is 19.8 Å². The molecular weight excluding hydrogens is 942 g/mol. The molecule has 436 valence electrons. The average molecular weight is 1070 g/mol. The molecule has 0 amide bonds. The third-order valence-corrected chi connectivity index (χ3v) is 15.2. The number of carbonyl (C=O) groups excluding carboxylic acids is 2. The Morgan fingerprint density at radius 1 is 0.432 bits per heavy atom. The second-order valence-electron chi connectivity index (χ2n) is 22.8. The largest absolute Gasteiger partial charge is 0.472 e. The maximum atomic E-state index is 12.8. The lowest BCUT2D eigenvalue weighted by Crippen LogP contribution is -2.37. The standard InChI is InChI=1S/C64H122NO8P/c1-6-8-10-12-14-16-18-20-22-24-25-26-27-28-29-30-31-32-33-34-35-36-37-38-39-41-42-44-46-48-50-52-54-56-63(66)70-60-62(61-72-74(68,69)71-59-58-65(3,4)5)73-64(67)57-55-53-51-49-47-45-43-40-23-21-19-17-15-13-11-9-7-2/h9,11,15,17,21,23,62H,6-8,10,12-14,16,18-20,22,24-61H2,1-5H3/p+1/b11-9-,17-15-,23-21-. The minimum Gasteiger partial charge on any atom is -0.462 e. The van der Waals surface area contributed by atoms with Crippen LogP contribution in [0.5, 0.6) is 0 Å². The molecule has 0 saturated heterocycles. The van der Waals surface area contributed by atoms with Gasteiger partial charge in [0, 0.05) is 12.8 Å². The molecule has 0 bridgehead atoms. The minimum atomic E-state index is -4.39. The van der Waals surface area contributed by atoms with Gasteiger partial charge in [-0.3, -0.25) is 18.6 Å². The highest BCUT2D eigenvalue weighted by atomic mass is 31.2. The Morgan fingerprint density at radius 2 is 0.770 bits per heavy atom. The van der Waals surface area contributed by atoms with Gasteiger partial charge < -0.3 is 18.9 Å². The number of likely N-dealkylation sites (N-methyl/N-ethyl adjacent to an activating group) is 1. The third kappa shape index (κ3) is 59.5. The Labute approximate surface area is 459 Å². The summed E-state index contributed by atoms with van der Waals surface area (Å²) in [6.45, 7) is 4.36. The van der Waals surface area contributed by atoms with Crippen LogP contribution in [0.25, 0.3) is 0 Å². The first-order chi connectivity index (χ1) is 36.0. The van der Waals surface area contributed by atoms with Gasteiger partial charge in [0.15, 0.2) is 6.10 Å². The van der Waals surface area contributed by atoms with Crippen LogP contribution in [0.15, 0.2) is 36.5 Å². The first-order valence-corrected chi connectivity index (χ1v) is 33.2. The summed E-state index contributed by atoms with van der Waals surface area (Å²) in [5.74, 6) is -0.795. The molecule has 0 aliphatic carbocycles. The van der Waals surface area contributed by atoms with E-state index in [9.17, 15) is 19.0 Å². The maximum absolute atomic E-state index is 12.8. The van der Waals surface area contributed by atoms with Crippen molar-refractivity contribution in [3.8, 4) is 0 Å². The van der Waals surface area contributed by atoms with E-state index < -0.39 is 26.5 Å². The van der Waals surface area contributed by atoms with E-state index in [1.54, 1.807) is 0 Å². The summed E-state index contributed by atoms with van der Waals surface area (Å²) in [7, 11) is 1.48. The Bertz CT molecular complexity index is 1340. The van der Waals surface area contributed by atoms with Crippen LogP contribution in [0.1, 0.15) is 309 Å². The Hall–Kier alpha value is -1.77. The van der Waals surface area contributed by atoms with E-state index in [1.165, 1.54) is 212 Å². The molecule has 0 fully saturated rings. The van der Waals surface area contributed by atoms with Crippen LogP contribution in [0.4, 0.5) is 0 Å². The zero-order valence-electron chi connectivity index (χ0n) is 49.6. The zero-order valence-corrected chi connectivity index (χ0v) is 50.5. The highest BCUT2D eigenvalue weighted by Gasteiger charge is 2.27. The molecule has 0 aliphatic rings. The summed E-state index contributed by atoms with van der Waals surface area (Å²) < 4.78 is 34.6. The average Bonchev–Trinajstić information content (AvgIpc) is 3.36. The number of allylic oxidation sites excluding steroid dienone is 6. The van der Waals surface area contributed by atoms with E-state index >= 15 is 0 Å². The van der Waals surface area contributed by atoms with E-state index in [0.717, 1.165) is 64.2 Å². The number of carbonyl (C=O) groups is 2. The van der Waals surface area contributed by atoms with Crippen molar-refractivity contribution < 1.29 is 42.1 Å². The number of phosphoric acid groups is 1. The van der Waals surface area contributed by atoms with Crippen LogP contribution < -0.4 is 0 Å². The van der Waals surface area contributed by atoms with Crippen molar-refractivity contribution in [1.29, 1.82) is 0 Å². The van der Waals surface area contributed by atoms with Gasteiger partial charge in [0.25, 0.3) is 0 Å². The van der Waals surface area contributed by atoms with Crippen molar-refractivity contribution in [2.24, 2.45) is 0 Å². The predicted molar refractivity (Wildman–Crippen MR) is 317 cm³/mol. The topological polar surface area (TPSA) is 108 Å². The lowest BCUT2D eigenvalue weighted by molar-refractivity contribution is -0.870. The van der Waals surface area contributed by atoms with E-state index in [-0.39, 0.29) is 25.6 Å². The normalized spacial score (nSPS) is 13.4. The molecule has 0 rings (SSSR count). The monoisotopic (exact) mass is 1060 g/mol. The van der Waals surface area contributed by atoms with Crippen molar-refractivity contribution in [2.75, 3.05) is 47.5 Å². The molecule has 0 spiro atoms. The van der Waals surface area contributed by atoms with Crippen molar-refractivity contribution >= 4 is 19.8 Å². The first-order valence-electron chi connectivity index (χ1n) is 31.7. The molecule has 9 nitrogen and oxygen atoms in total. The summed E-state index contributed by atoms with van der Waals surface area (Å²) in [5, 5.41) is 0. The van der Waals surface area contributed by atoms with E-state index in [1.807, 2.05) is 21.1 Å².